The largest absolute Gasteiger partial charge is 0.329 e. The Morgan fingerprint density at radius 1 is 0.889 bits per heavy atom. The molecule has 0 amide bonds. The Morgan fingerprint density at radius 3 is 2.11 bits per heavy atom. The lowest BCUT2D eigenvalue weighted by molar-refractivity contribution is 0.336. The average molecular weight is 240 g/mol. The highest BCUT2D eigenvalue weighted by atomic mass is 15.1. The van der Waals surface area contributed by atoms with E-state index in [1.807, 2.05) is 6.07 Å². The molecule has 0 aromatic heterocycles. The summed E-state index contributed by atoms with van der Waals surface area (Å²) in [4.78, 5) is 2.23. The van der Waals surface area contributed by atoms with Crippen LogP contribution in [0.2, 0.25) is 0 Å². The molecular weight excluding hydrogens is 220 g/mol. The number of hydrogen-bond donors (Lipinski definition) is 1. The van der Waals surface area contributed by atoms with E-state index in [9.17, 15) is 0 Å². The molecule has 0 atom stereocenters. The first kappa shape index (κ1) is 12.8. The normalized spacial score (nSPS) is 10.8. The Kier molecular flexibility index (Phi) is 4.51. The van der Waals surface area contributed by atoms with Crippen LogP contribution in [0.25, 0.3) is 11.1 Å². The van der Waals surface area contributed by atoms with Gasteiger partial charge in [0.15, 0.2) is 0 Å². The van der Waals surface area contributed by atoms with Gasteiger partial charge in [-0.05, 0) is 23.7 Å². The fourth-order valence-corrected chi connectivity index (χ4v) is 2.04. The molecule has 0 saturated heterocycles. The van der Waals surface area contributed by atoms with Gasteiger partial charge in [0.1, 0.15) is 0 Å². The van der Waals surface area contributed by atoms with Crippen LogP contribution in [0.5, 0.6) is 0 Å². The van der Waals surface area contributed by atoms with Crippen molar-refractivity contribution >= 4 is 0 Å². The van der Waals surface area contributed by atoms with Crippen molar-refractivity contribution in [2.75, 3.05) is 20.1 Å². The van der Waals surface area contributed by atoms with E-state index in [1.54, 1.807) is 0 Å². The molecular formula is C16H20N2. The fraction of sp³-hybridized carbons (Fsp3) is 0.250. The van der Waals surface area contributed by atoms with Crippen molar-refractivity contribution in [1.29, 1.82) is 0 Å². The van der Waals surface area contributed by atoms with Gasteiger partial charge in [-0.15, -0.1) is 0 Å². The second kappa shape index (κ2) is 6.34. The van der Waals surface area contributed by atoms with Crippen LogP contribution in [0.1, 0.15) is 5.56 Å². The summed E-state index contributed by atoms with van der Waals surface area (Å²) in [6.45, 7) is 2.59. The van der Waals surface area contributed by atoms with Crippen LogP contribution in [0.4, 0.5) is 0 Å². The minimum absolute atomic E-state index is 0.707. The van der Waals surface area contributed by atoms with Gasteiger partial charge in [-0.2, -0.15) is 0 Å². The molecule has 0 radical (unpaired) electrons. The molecule has 0 spiro atoms. The number of likely N-dealkylation sites (N-methyl/N-ethyl adjacent to an activating group) is 1. The van der Waals surface area contributed by atoms with E-state index >= 15 is 0 Å². The summed E-state index contributed by atoms with van der Waals surface area (Å²) in [5.74, 6) is 0. The highest BCUT2D eigenvalue weighted by molar-refractivity contribution is 5.63. The molecule has 0 fully saturated rings. The van der Waals surface area contributed by atoms with Crippen molar-refractivity contribution < 1.29 is 0 Å². The quantitative estimate of drug-likeness (QED) is 0.870. The van der Waals surface area contributed by atoms with Crippen LogP contribution in [0.3, 0.4) is 0 Å². The first-order valence-corrected chi connectivity index (χ1v) is 6.32. The van der Waals surface area contributed by atoms with Crippen molar-refractivity contribution in [3.05, 3.63) is 60.2 Å². The average Bonchev–Trinajstić information content (AvgIpc) is 2.41. The molecule has 0 aliphatic heterocycles. The zero-order valence-corrected chi connectivity index (χ0v) is 10.8. The summed E-state index contributed by atoms with van der Waals surface area (Å²) < 4.78 is 0. The summed E-state index contributed by atoms with van der Waals surface area (Å²) in [6.07, 6.45) is 0. The lowest BCUT2D eigenvalue weighted by Gasteiger charge is -2.15. The monoisotopic (exact) mass is 240 g/mol. The predicted octanol–water partition coefficient (Wildman–Crippen LogP) is 2.74. The molecule has 2 aromatic rings. The molecule has 2 aromatic carbocycles. The lowest BCUT2D eigenvalue weighted by atomic mass is 10.0. The lowest BCUT2D eigenvalue weighted by Crippen LogP contribution is -2.24. The smallest absolute Gasteiger partial charge is 0.0231 e. The van der Waals surface area contributed by atoms with E-state index in [0.29, 0.717) is 6.54 Å². The van der Waals surface area contributed by atoms with Gasteiger partial charge < -0.3 is 10.6 Å². The minimum atomic E-state index is 0.707. The zero-order valence-electron chi connectivity index (χ0n) is 10.8. The van der Waals surface area contributed by atoms with Gasteiger partial charge in [-0.3, -0.25) is 0 Å². The first-order valence-electron chi connectivity index (χ1n) is 6.32. The summed E-state index contributed by atoms with van der Waals surface area (Å²) in [6, 6.07) is 19.2. The Hall–Kier alpha value is -1.64. The molecule has 0 unspecified atom stereocenters. The van der Waals surface area contributed by atoms with Crippen LogP contribution in [-0.2, 0) is 6.54 Å². The molecule has 0 aliphatic carbocycles. The number of benzene rings is 2. The van der Waals surface area contributed by atoms with Crippen LogP contribution in [0, 0.1) is 0 Å². The van der Waals surface area contributed by atoms with Crippen LogP contribution in [0.15, 0.2) is 54.6 Å². The molecule has 18 heavy (non-hydrogen) atoms. The highest BCUT2D eigenvalue weighted by Gasteiger charge is 2.00. The summed E-state index contributed by atoms with van der Waals surface area (Å²) in [5, 5.41) is 0. The second-order valence-electron chi connectivity index (χ2n) is 4.59. The Labute approximate surface area is 109 Å². The van der Waals surface area contributed by atoms with E-state index in [0.717, 1.165) is 13.1 Å². The summed E-state index contributed by atoms with van der Waals surface area (Å²) >= 11 is 0. The predicted molar refractivity (Wildman–Crippen MR) is 77.3 cm³/mol. The molecule has 2 heteroatoms. The summed E-state index contributed by atoms with van der Waals surface area (Å²) in [7, 11) is 2.10. The third-order valence-corrected chi connectivity index (χ3v) is 3.02. The van der Waals surface area contributed by atoms with Crippen molar-refractivity contribution in [1.82, 2.24) is 4.90 Å². The second-order valence-corrected chi connectivity index (χ2v) is 4.59. The van der Waals surface area contributed by atoms with Gasteiger partial charge in [0.2, 0.25) is 0 Å². The molecule has 2 nitrogen and oxygen atoms in total. The molecule has 0 aliphatic rings. The van der Waals surface area contributed by atoms with Crippen LogP contribution >= 0.6 is 0 Å². The van der Waals surface area contributed by atoms with Gasteiger partial charge in [-0.25, -0.2) is 0 Å². The van der Waals surface area contributed by atoms with Crippen molar-refractivity contribution in [2.45, 2.75) is 6.54 Å². The van der Waals surface area contributed by atoms with E-state index in [4.69, 9.17) is 5.73 Å². The van der Waals surface area contributed by atoms with Gasteiger partial charge >= 0.3 is 0 Å². The minimum Gasteiger partial charge on any atom is -0.329 e. The number of nitrogens with zero attached hydrogens (tertiary/aromatic N) is 1. The van der Waals surface area contributed by atoms with Crippen molar-refractivity contribution in [3.8, 4) is 11.1 Å². The van der Waals surface area contributed by atoms with Crippen LogP contribution in [-0.4, -0.2) is 25.0 Å². The molecule has 0 saturated carbocycles. The molecule has 94 valence electrons. The van der Waals surface area contributed by atoms with Crippen molar-refractivity contribution in [3.63, 3.8) is 0 Å². The van der Waals surface area contributed by atoms with E-state index in [-0.39, 0.29) is 0 Å². The number of nitrogens with two attached hydrogens (primary N) is 1. The maximum Gasteiger partial charge on any atom is 0.0231 e. The van der Waals surface area contributed by atoms with Gasteiger partial charge in [-0.1, -0.05) is 54.6 Å². The maximum absolute atomic E-state index is 5.54. The molecule has 0 heterocycles. The molecule has 0 bridgehead atoms. The van der Waals surface area contributed by atoms with Crippen molar-refractivity contribution in [2.24, 2.45) is 5.73 Å². The van der Waals surface area contributed by atoms with E-state index in [2.05, 4.69) is 60.5 Å². The van der Waals surface area contributed by atoms with Gasteiger partial charge in [0, 0.05) is 19.6 Å². The number of hydrogen-bond acceptors (Lipinski definition) is 2. The molecule has 2 N–H and O–H groups in total. The van der Waals surface area contributed by atoms with Gasteiger partial charge in [0.25, 0.3) is 0 Å². The first-order chi connectivity index (χ1) is 8.79. The Morgan fingerprint density at radius 2 is 1.50 bits per heavy atom. The van der Waals surface area contributed by atoms with Gasteiger partial charge in [0.05, 0.1) is 0 Å². The topological polar surface area (TPSA) is 29.3 Å². The maximum atomic E-state index is 5.54. The number of rotatable bonds is 5. The third-order valence-electron chi connectivity index (χ3n) is 3.02. The van der Waals surface area contributed by atoms with E-state index < -0.39 is 0 Å². The molecule has 2 rings (SSSR count). The SMILES string of the molecule is CN(CCN)Cc1ccc(-c2ccccc2)cc1. The highest BCUT2D eigenvalue weighted by Crippen LogP contribution is 2.19. The Bertz CT molecular complexity index is 462. The zero-order chi connectivity index (χ0) is 12.8. The Balaban J connectivity index is 2.06. The fourth-order valence-electron chi connectivity index (χ4n) is 2.04. The standard InChI is InChI=1S/C16H20N2/c1-18(12-11-17)13-14-7-9-16(10-8-14)15-5-3-2-4-6-15/h2-10H,11-13,17H2,1H3. The van der Waals surface area contributed by atoms with Crippen LogP contribution < -0.4 is 5.73 Å². The third kappa shape index (κ3) is 3.42. The summed E-state index contributed by atoms with van der Waals surface area (Å²) in [5.41, 5.74) is 9.39. The van der Waals surface area contributed by atoms with E-state index in [1.165, 1.54) is 16.7 Å².